The minimum atomic E-state index is -1.23. The molecule has 0 saturated heterocycles. The van der Waals surface area contributed by atoms with E-state index in [0.29, 0.717) is 4.88 Å². The minimum Gasteiger partial charge on any atom is -0.478 e. The van der Waals surface area contributed by atoms with Gasteiger partial charge in [-0.05, 0) is 19.1 Å². The monoisotopic (exact) mass is 330 g/mol. The number of carbonyl (C=O) groups excluding carboxylic acids is 1. The Hall–Kier alpha value is -1.63. The molecule has 20 heavy (non-hydrogen) atoms. The molecule has 0 aliphatic heterocycles. The van der Waals surface area contributed by atoms with Crippen molar-refractivity contribution in [2.75, 3.05) is 5.32 Å². The topological polar surface area (TPSA) is 79.3 Å². The number of thiazole rings is 1. The Bertz CT molecular complexity index is 700. The molecule has 0 radical (unpaired) electrons. The van der Waals surface area contributed by atoms with E-state index in [2.05, 4.69) is 10.3 Å². The Labute approximate surface area is 128 Å². The van der Waals surface area contributed by atoms with Crippen molar-refractivity contribution in [2.24, 2.45) is 0 Å². The lowest BCUT2D eigenvalue weighted by Gasteiger charge is -2.10. The Morgan fingerprint density at radius 2 is 2.05 bits per heavy atom. The number of aromatic carboxylic acids is 1. The number of amides is 1. The third-order valence-electron chi connectivity index (χ3n) is 2.37. The molecule has 2 N–H and O–H groups in total. The molecule has 0 atom stereocenters. The molecular weight excluding hydrogens is 323 g/mol. The van der Waals surface area contributed by atoms with Crippen molar-refractivity contribution in [1.29, 1.82) is 0 Å². The van der Waals surface area contributed by atoms with Gasteiger partial charge in [0.25, 0.3) is 5.91 Å². The Morgan fingerprint density at radius 1 is 1.35 bits per heavy atom. The summed E-state index contributed by atoms with van der Waals surface area (Å²) in [7, 11) is 0. The molecule has 0 spiro atoms. The Kier molecular flexibility index (Phi) is 4.27. The fraction of sp³-hybridized carbons (Fsp3) is 0.0833. The number of rotatable bonds is 3. The molecule has 1 aromatic heterocycles. The second-order valence-corrected chi connectivity index (χ2v) is 5.89. The highest BCUT2D eigenvalue weighted by Crippen LogP contribution is 2.31. The number of aromatic nitrogens is 1. The predicted molar refractivity (Wildman–Crippen MR) is 78.2 cm³/mol. The first kappa shape index (κ1) is 14.8. The second-order valence-electron chi connectivity index (χ2n) is 3.81. The summed E-state index contributed by atoms with van der Waals surface area (Å²) in [6.07, 6.45) is 1.42. The Balaban J connectivity index is 2.38. The SMILES string of the molecule is Cc1ncc(C(=O)Nc2c(Cl)cc(Cl)cc2C(=O)O)s1. The number of carboxylic acid groups (broad SMARTS) is 1. The van der Waals surface area contributed by atoms with E-state index in [0.717, 1.165) is 5.01 Å². The van der Waals surface area contributed by atoms with Crippen LogP contribution in [-0.2, 0) is 0 Å². The van der Waals surface area contributed by atoms with Crippen LogP contribution in [-0.4, -0.2) is 22.0 Å². The molecular formula is C12H8Cl2N2O3S. The lowest BCUT2D eigenvalue weighted by atomic mass is 10.1. The van der Waals surface area contributed by atoms with Gasteiger partial charge in [-0.1, -0.05) is 23.2 Å². The van der Waals surface area contributed by atoms with E-state index in [1.54, 1.807) is 6.92 Å². The van der Waals surface area contributed by atoms with Gasteiger partial charge in [-0.25, -0.2) is 9.78 Å². The van der Waals surface area contributed by atoms with Crippen molar-refractivity contribution in [3.63, 3.8) is 0 Å². The van der Waals surface area contributed by atoms with E-state index in [1.807, 2.05) is 0 Å². The van der Waals surface area contributed by atoms with Crippen LogP contribution in [0.5, 0.6) is 0 Å². The number of carbonyl (C=O) groups is 2. The standard InChI is InChI=1S/C12H8Cl2N2O3S/c1-5-15-4-9(20-5)11(17)16-10-7(12(18)19)2-6(13)3-8(10)14/h2-4H,1H3,(H,16,17)(H,18,19). The fourth-order valence-corrected chi connectivity index (χ4v) is 2.72. The summed E-state index contributed by atoms with van der Waals surface area (Å²) in [5, 5.41) is 12.6. The van der Waals surface area contributed by atoms with Gasteiger partial charge in [0.05, 0.1) is 27.5 Å². The van der Waals surface area contributed by atoms with E-state index in [9.17, 15) is 9.59 Å². The molecule has 2 rings (SSSR count). The molecule has 0 bridgehead atoms. The third-order valence-corrected chi connectivity index (χ3v) is 3.80. The van der Waals surface area contributed by atoms with Crippen molar-refractivity contribution in [3.05, 3.63) is 43.8 Å². The second kappa shape index (κ2) is 5.78. The van der Waals surface area contributed by atoms with E-state index < -0.39 is 11.9 Å². The van der Waals surface area contributed by atoms with Crippen molar-refractivity contribution in [1.82, 2.24) is 4.98 Å². The van der Waals surface area contributed by atoms with E-state index in [4.69, 9.17) is 28.3 Å². The highest BCUT2D eigenvalue weighted by Gasteiger charge is 2.19. The van der Waals surface area contributed by atoms with Crippen LogP contribution in [0.2, 0.25) is 10.0 Å². The molecule has 8 heteroatoms. The summed E-state index contributed by atoms with van der Waals surface area (Å²) in [4.78, 5) is 27.5. The lowest BCUT2D eigenvalue weighted by molar-refractivity contribution is 0.0698. The number of aryl methyl sites for hydroxylation is 1. The van der Waals surface area contributed by atoms with Crippen LogP contribution < -0.4 is 5.32 Å². The van der Waals surface area contributed by atoms with Crippen molar-refractivity contribution < 1.29 is 14.7 Å². The van der Waals surface area contributed by atoms with Gasteiger partial charge in [0.15, 0.2) is 0 Å². The molecule has 5 nitrogen and oxygen atoms in total. The van der Waals surface area contributed by atoms with Gasteiger partial charge < -0.3 is 10.4 Å². The minimum absolute atomic E-state index is 0.0135. The van der Waals surface area contributed by atoms with E-state index in [-0.39, 0.29) is 21.3 Å². The van der Waals surface area contributed by atoms with Crippen LogP contribution in [0, 0.1) is 6.92 Å². The summed E-state index contributed by atoms with van der Waals surface area (Å²) in [5.74, 6) is -1.70. The average Bonchev–Trinajstić information content (AvgIpc) is 2.78. The number of nitrogens with one attached hydrogen (secondary N) is 1. The summed E-state index contributed by atoms with van der Waals surface area (Å²) >= 11 is 12.9. The highest BCUT2D eigenvalue weighted by atomic mass is 35.5. The van der Waals surface area contributed by atoms with Gasteiger partial charge in [-0.3, -0.25) is 4.79 Å². The van der Waals surface area contributed by atoms with Crippen LogP contribution >= 0.6 is 34.5 Å². The smallest absolute Gasteiger partial charge is 0.337 e. The quantitative estimate of drug-likeness (QED) is 0.899. The van der Waals surface area contributed by atoms with Crippen molar-refractivity contribution in [2.45, 2.75) is 6.92 Å². The first-order valence-corrected chi connectivity index (χ1v) is 6.92. The zero-order valence-corrected chi connectivity index (χ0v) is 12.4. The van der Waals surface area contributed by atoms with Crippen LogP contribution in [0.15, 0.2) is 18.3 Å². The lowest BCUT2D eigenvalue weighted by Crippen LogP contribution is -2.14. The van der Waals surface area contributed by atoms with Gasteiger partial charge in [0.2, 0.25) is 0 Å². The number of hydrogen-bond acceptors (Lipinski definition) is 4. The summed E-state index contributed by atoms with van der Waals surface area (Å²) < 4.78 is 0. The van der Waals surface area contributed by atoms with E-state index in [1.165, 1.54) is 29.7 Å². The molecule has 0 aliphatic rings. The molecule has 0 fully saturated rings. The van der Waals surface area contributed by atoms with Crippen LogP contribution in [0.25, 0.3) is 0 Å². The number of anilines is 1. The highest BCUT2D eigenvalue weighted by molar-refractivity contribution is 7.13. The van der Waals surface area contributed by atoms with Crippen LogP contribution in [0.3, 0.4) is 0 Å². The van der Waals surface area contributed by atoms with Gasteiger partial charge in [-0.15, -0.1) is 11.3 Å². The molecule has 0 aliphatic carbocycles. The maximum absolute atomic E-state index is 12.0. The van der Waals surface area contributed by atoms with Gasteiger partial charge in [0, 0.05) is 5.02 Å². The van der Waals surface area contributed by atoms with Crippen molar-refractivity contribution >= 4 is 52.1 Å². The maximum atomic E-state index is 12.0. The maximum Gasteiger partial charge on any atom is 0.337 e. The van der Waals surface area contributed by atoms with Crippen molar-refractivity contribution in [3.8, 4) is 0 Å². The van der Waals surface area contributed by atoms with Gasteiger partial charge in [-0.2, -0.15) is 0 Å². The molecule has 104 valence electrons. The molecule has 2 aromatic rings. The number of carboxylic acids is 1. The predicted octanol–water partition coefficient (Wildman–Crippen LogP) is 3.71. The summed E-state index contributed by atoms with van der Waals surface area (Å²) in [6.45, 7) is 1.76. The zero-order valence-electron chi connectivity index (χ0n) is 10.1. The largest absolute Gasteiger partial charge is 0.478 e. The summed E-state index contributed by atoms with van der Waals surface area (Å²) in [6, 6.07) is 2.59. The van der Waals surface area contributed by atoms with Crippen LogP contribution in [0.4, 0.5) is 5.69 Å². The molecule has 1 aromatic carbocycles. The number of benzene rings is 1. The van der Waals surface area contributed by atoms with Crippen LogP contribution in [0.1, 0.15) is 25.0 Å². The molecule has 0 unspecified atom stereocenters. The third kappa shape index (κ3) is 3.09. The number of nitrogens with zero attached hydrogens (tertiary/aromatic N) is 1. The molecule has 1 amide bonds. The zero-order chi connectivity index (χ0) is 14.9. The van der Waals surface area contributed by atoms with E-state index >= 15 is 0 Å². The summed E-state index contributed by atoms with van der Waals surface area (Å²) in [5.41, 5.74) is -0.156. The first-order valence-electron chi connectivity index (χ1n) is 5.34. The normalized spacial score (nSPS) is 10.3. The van der Waals surface area contributed by atoms with Gasteiger partial charge >= 0.3 is 5.97 Å². The number of halogens is 2. The van der Waals surface area contributed by atoms with Gasteiger partial charge in [0.1, 0.15) is 4.88 Å². The number of hydrogen-bond donors (Lipinski definition) is 2. The first-order chi connectivity index (χ1) is 9.38. The molecule has 0 saturated carbocycles. The fourth-order valence-electron chi connectivity index (χ4n) is 1.51. The average molecular weight is 331 g/mol. The molecule has 1 heterocycles. The Morgan fingerprint density at radius 3 is 2.60 bits per heavy atom.